The Balaban J connectivity index is 1.68. The summed E-state index contributed by atoms with van der Waals surface area (Å²) in [6.07, 6.45) is 3.42. The Morgan fingerprint density at radius 2 is 2.00 bits per heavy atom. The zero-order chi connectivity index (χ0) is 18.2. The minimum absolute atomic E-state index is 0.151. The largest absolute Gasteiger partial charge is 0.455 e. The Morgan fingerprint density at radius 1 is 1.24 bits per heavy atom. The van der Waals surface area contributed by atoms with Gasteiger partial charge in [-0.05, 0) is 56.4 Å². The number of rotatable bonds is 8. The molecule has 0 saturated carbocycles. The van der Waals surface area contributed by atoms with E-state index in [2.05, 4.69) is 22.8 Å². The van der Waals surface area contributed by atoms with Gasteiger partial charge in [-0.2, -0.15) is 0 Å². The molecule has 6 nitrogen and oxygen atoms in total. The highest BCUT2D eigenvalue weighted by molar-refractivity contribution is 8.00. The van der Waals surface area contributed by atoms with Crippen LogP contribution < -0.4 is 10.6 Å². The van der Waals surface area contributed by atoms with Gasteiger partial charge >= 0.3 is 5.97 Å². The predicted molar refractivity (Wildman–Crippen MR) is 96.4 cm³/mol. The molecule has 2 rings (SSSR count). The number of carbonyl (C=O) groups is 3. The second-order valence-electron chi connectivity index (χ2n) is 5.92. The SMILES string of the molecule is CCNC(=O)[C@H](C)NC(=O)COC(=O)CSc1ccc2c(c1)CCC2. The number of thioether (sulfide) groups is 1. The number of amides is 2. The van der Waals surface area contributed by atoms with Crippen molar-refractivity contribution < 1.29 is 19.1 Å². The normalized spacial score (nSPS) is 13.7. The van der Waals surface area contributed by atoms with E-state index >= 15 is 0 Å². The molecule has 0 aliphatic heterocycles. The lowest BCUT2D eigenvalue weighted by Crippen LogP contribution is -2.46. The van der Waals surface area contributed by atoms with E-state index in [0.717, 1.165) is 17.7 Å². The molecule has 1 aromatic carbocycles. The monoisotopic (exact) mass is 364 g/mol. The van der Waals surface area contributed by atoms with Crippen molar-refractivity contribution in [3.8, 4) is 0 Å². The molecule has 1 atom stereocenters. The number of aryl methyl sites for hydroxylation is 2. The Hall–Kier alpha value is -2.02. The van der Waals surface area contributed by atoms with Crippen molar-refractivity contribution in [1.29, 1.82) is 0 Å². The van der Waals surface area contributed by atoms with Crippen LogP contribution in [0.2, 0.25) is 0 Å². The standard InChI is InChI=1S/C18H24N2O4S/c1-3-19-18(23)12(2)20-16(21)10-24-17(22)11-25-15-8-7-13-5-4-6-14(13)9-15/h7-9,12H,3-6,10-11H2,1-2H3,(H,19,23)(H,20,21)/t12-/m0/s1. The van der Waals surface area contributed by atoms with Crippen LogP contribution in [0.15, 0.2) is 23.1 Å². The van der Waals surface area contributed by atoms with Crippen LogP contribution in [0.25, 0.3) is 0 Å². The number of esters is 1. The summed E-state index contributed by atoms with van der Waals surface area (Å²) in [5, 5.41) is 5.09. The first kappa shape index (κ1) is 19.3. The average Bonchev–Trinajstić information content (AvgIpc) is 3.06. The zero-order valence-corrected chi connectivity index (χ0v) is 15.4. The van der Waals surface area contributed by atoms with E-state index < -0.39 is 17.9 Å². The van der Waals surface area contributed by atoms with Gasteiger partial charge in [-0.15, -0.1) is 11.8 Å². The molecule has 0 heterocycles. The lowest BCUT2D eigenvalue weighted by atomic mass is 10.1. The van der Waals surface area contributed by atoms with Crippen LogP contribution >= 0.6 is 11.8 Å². The molecule has 1 aromatic rings. The van der Waals surface area contributed by atoms with Crippen LogP contribution in [0, 0.1) is 0 Å². The molecular formula is C18H24N2O4S. The first-order valence-corrected chi connectivity index (χ1v) is 9.45. The number of benzene rings is 1. The van der Waals surface area contributed by atoms with E-state index in [1.54, 1.807) is 13.8 Å². The fourth-order valence-electron chi connectivity index (χ4n) is 2.64. The topological polar surface area (TPSA) is 84.5 Å². The van der Waals surface area contributed by atoms with Crippen molar-refractivity contribution in [3.05, 3.63) is 29.3 Å². The molecule has 2 amide bonds. The molecule has 7 heteroatoms. The highest BCUT2D eigenvalue weighted by atomic mass is 32.2. The lowest BCUT2D eigenvalue weighted by molar-refractivity contribution is -0.146. The molecule has 0 bridgehead atoms. The predicted octanol–water partition coefficient (Wildman–Crippen LogP) is 1.45. The maximum atomic E-state index is 11.8. The van der Waals surface area contributed by atoms with E-state index in [1.165, 1.54) is 29.3 Å². The third-order valence-electron chi connectivity index (χ3n) is 3.91. The molecule has 0 saturated heterocycles. The van der Waals surface area contributed by atoms with Gasteiger partial charge in [-0.1, -0.05) is 6.07 Å². The summed E-state index contributed by atoms with van der Waals surface area (Å²) < 4.78 is 4.96. The van der Waals surface area contributed by atoms with Crippen molar-refractivity contribution in [1.82, 2.24) is 10.6 Å². The number of fused-ring (bicyclic) bond motifs is 1. The maximum absolute atomic E-state index is 11.8. The molecule has 1 aliphatic carbocycles. The third kappa shape index (κ3) is 6.08. The number of hydrogen-bond acceptors (Lipinski definition) is 5. The van der Waals surface area contributed by atoms with Crippen LogP contribution in [-0.2, 0) is 32.0 Å². The zero-order valence-electron chi connectivity index (χ0n) is 14.6. The van der Waals surface area contributed by atoms with Gasteiger partial charge in [0.15, 0.2) is 6.61 Å². The summed E-state index contributed by atoms with van der Waals surface area (Å²) in [7, 11) is 0. The molecular weight excluding hydrogens is 340 g/mol. The summed E-state index contributed by atoms with van der Waals surface area (Å²) in [4.78, 5) is 36.0. The van der Waals surface area contributed by atoms with Gasteiger partial charge in [0.25, 0.3) is 5.91 Å². The van der Waals surface area contributed by atoms with Gasteiger partial charge < -0.3 is 15.4 Å². The minimum Gasteiger partial charge on any atom is -0.455 e. The van der Waals surface area contributed by atoms with E-state index in [9.17, 15) is 14.4 Å². The highest BCUT2D eigenvalue weighted by Crippen LogP contribution is 2.27. The third-order valence-corrected chi connectivity index (χ3v) is 4.88. The number of ether oxygens (including phenoxy) is 1. The number of carbonyl (C=O) groups excluding carboxylic acids is 3. The van der Waals surface area contributed by atoms with Gasteiger partial charge in [0.1, 0.15) is 6.04 Å². The number of likely N-dealkylation sites (N-methyl/N-ethyl adjacent to an activating group) is 1. The van der Waals surface area contributed by atoms with Crippen molar-refractivity contribution in [2.75, 3.05) is 18.9 Å². The quantitative estimate of drug-likeness (QED) is 0.539. The molecule has 2 N–H and O–H groups in total. The highest BCUT2D eigenvalue weighted by Gasteiger charge is 2.16. The molecule has 1 aliphatic rings. The van der Waals surface area contributed by atoms with Crippen LogP contribution in [0.3, 0.4) is 0 Å². The van der Waals surface area contributed by atoms with Gasteiger partial charge in [0.05, 0.1) is 5.75 Å². The van der Waals surface area contributed by atoms with Crippen molar-refractivity contribution >= 4 is 29.5 Å². The van der Waals surface area contributed by atoms with Crippen LogP contribution in [0.1, 0.15) is 31.4 Å². The average molecular weight is 364 g/mol. The van der Waals surface area contributed by atoms with Gasteiger partial charge in [-0.25, -0.2) is 0 Å². The summed E-state index contributed by atoms with van der Waals surface area (Å²) >= 11 is 1.40. The number of hydrogen-bond donors (Lipinski definition) is 2. The van der Waals surface area contributed by atoms with Crippen molar-refractivity contribution in [3.63, 3.8) is 0 Å². The van der Waals surface area contributed by atoms with Crippen molar-refractivity contribution in [2.24, 2.45) is 0 Å². The maximum Gasteiger partial charge on any atom is 0.316 e. The van der Waals surface area contributed by atoms with E-state index in [4.69, 9.17) is 4.74 Å². The first-order chi connectivity index (χ1) is 12.0. The van der Waals surface area contributed by atoms with Crippen molar-refractivity contribution in [2.45, 2.75) is 44.0 Å². The van der Waals surface area contributed by atoms with E-state index in [0.29, 0.717) is 6.54 Å². The fourth-order valence-corrected chi connectivity index (χ4v) is 3.40. The Kier molecular flexibility index (Phi) is 7.31. The minimum atomic E-state index is -0.660. The lowest BCUT2D eigenvalue weighted by Gasteiger charge is -2.13. The fraction of sp³-hybridized carbons (Fsp3) is 0.500. The molecule has 136 valence electrons. The van der Waals surface area contributed by atoms with Gasteiger partial charge in [0.2, 0.25) is 5.91 Å². The molecule has 0 fully saturated rings. The molecule has 0 aromatic heterocycles. The van der Waals surface area contributed by atoms with Gasteiger partial charge in [-0.3, -0.25) is 14.4 Å². The Labute approximate surface area is 152 Å². The molecule has 25 heavy (non-hydrogen) atoms. The second kappa shape index (κ2) is 9.46. The summed E-state index contributed by atoms with van der Waals surface area (Å²) in [5.41, 5.74) is 2.75. The Morgan fingerprint density at radius 3 is 2.76 bits per heavy atom. The van der Waals surface area contributed by atoms with Crippen LogP contribution in [-0.4, -0.2) is 42.7 Å². The first-order valence-electron chi connectivity index (χ1n) is 8.47. The van der Waals surface area contributed by atoms with E-state index in [-0.39, 0.29) is 18.3 Å². The van der Waals surface area contributed by atoms with Crippen LogP contribution in [0.4, 0.5) is 0 Å². The Bertz CT molecular complexity index is 648. The summed E-state index contributed by atoms with van der Waals surface area (Å²) in [5.74, 6) is -1.06. The molecule has 0 spiro atoms. The van der Waals surface area contributed by atoms with Crippen LogP contribution in [0.5, 0.6) is 0 Å². The van der Waals surface area contributed by atoms with E-state index in [1.807, 2.05) is 6.07 Å². The second-order valence-corrected chi connectivity index (χ2v) is 6.97. The molecule has 0 unspecified atom stereocenters. The van der Waals surface area contributed by atoms with Gasteiger partial charge in [0, 0.05) is 11.4 Å². The molecule has 0 radical (unpaired) electrons. The summed E-state index contributed by atoms with van der Waals surface area (Å²) in [6.45, 7) is 3.49. The summed E-state index contributed by atoms with van der Waals surface area (Å²) in [6, 6.07) is 5.60. The smallest absolute Gasteiger partial charge is 0.316 e. The number of nitrogens with one attached hydrogen (secondary N) is 2.